The highest BCUT2D eigenvalue weighted by atomic mass is 32.2. The molecule has 144 valence electrons. The van der Waals surface area contributed by atoms with Gasteiger partial charge in [0.05, 0.1) is 22.7 Å². The molecule has 0 saturated carbocycles. The SMILES string of the molecule is C=CCNC(=O)[C@H](C)Sc1nc2ccccc2c(=O)n1Cc1ccc(F)cc1. The standard InChI is InChI=1S/C21H20FN3O2S/c1-3-12-23-19(26)14(2)28-21-24-18-7-5-4-6-17(18)20(27)25(21)13-15-8-10-16(22)11-9-15/h3-11,14H,1,12-13H2,2H3,(H,23,26)/t14-/m0/s1. The van der Waals surface area contributed by atoms with Crippen LogP contribution in [0.5, 0.6) is 0 Å². The second-order valence-electron chi connectivity index (χ2n) is 6.22. The second kappa shape index (κ2) is 8.84. The highest BCUT2D eigenvalue weighted by Gasteiger charge is 2.19. The molecular weight excluding hydrogens is 377 g/mol. The Balaban J connectivity index is 2.01. The minimum atomic E-state index is -0.451. The largest absolute Gasteiger partial charge is 0.352 e. The molecule has 0 bridgehead atoms. The van der Waals surface area contributed by atoms with Gasteiger partial charge in [-0.3, -0.25) is 14.2 Å². The van der Waals surface area contributed by atoms with Gasteiger partial charge in [-0.2, -0.15) is 0 Å². The zero-order chi connectivity index (χ0) is 20.1. The van der Waals surface area contributed by atoms with Gasteiger partial charge in [-0.25, -0.2) is 9.37 Å². The number of aromatic nitrogens is 2. The number of thioether (sulfide) groups is 1. The molecule has 1 heterocycles. The van der Waals surface area contributed by atoms with Crippen LogP contribution in [0.3, 0.4) is 0 Å². The van der Waals surface area contributed by atoms with Crippen LogP contribution >= 0.6 is 11.8 Å². The Kier molecular flexibility index (Phi) is 6.26. The van der Waals surface area contributed by atoms with E-state index in [2.05, 4.69) is 16.9 Å². The number of carbonyl (C=O) groups excluding carboxylic acids is 1. The maximum atomic E-state index is 13.2. The van der Waals surface area contributed by atoms with Crippen molar-refractivity contribution in [3.05, 3.63) is 82.9 Å². The summed E-state index contributed by atoms with van der Waals surface area (Å²) < 4.78 is 14.7. The molecule has 1 atom stereocenters. The minimum absolute atomic E-state index is 0.166. The smallest absolute Gasteiger partial charge is 0.262 e. The number of hydrogen-bond donors (Lipinski definition) is 1. The van der Waals surface area contributed by atoms with E-state index >= 15 is 0 Å². The summed E-state index contributed by atoms with van der Waals surface area (Å²) in [6.07, 6.45) is 1.61. The third kappa shape index (κ3) is 4.48. The number of fused-ring (bicyclic) bond motifs is 1. The van der Waals surface area contributed by atoms with Gasteiger partial charge in [0.1, 0.15) is 5.82 Å². The summed E-state index contributed by atoms with van der Waals surface area (Å²) in [6.45, 7) is 5.95. The van der Waals surface area contributed by atoms with Crippen molar-refractivity contribution in [1.29, 1.82) is 0 Å². The molecule has 5 nitrogen and oxygen atoms in total. The van der Waals surface area contributed by atoms with Crippen LogP contribution in [0.2, 0.25) is 0 Å². The van der Waals surface area contributed by atoms with Crippen LogP contribution < -0.4 is 10.9 Å². The lowest BCUT2D eigenvalue weighted by molar-refractivity contribution is -0.120. The van der Waals surface area contributed by atoms with Crippen molar-refractivity contribution in [1.82, 2.24) is 14.9 Å². The fraction of sp³-hybridized carbons (Fsp3) is 0.190. The van der Waals surface area contributed by atoms with E-state index in [9.17, 15) is 14.0 Å². The van der Waals surface area contributed by atoms with Crippen molar-refractivity contribution in [2.75, 3.05) is 6.54 Å². The quantitative estimate of drug-likeness (QED) is 0.377. The molecule has 0 spiro atoms. The fourth-order valence-electron chi connectivity index (χ4n) is 2.68. The van der Waals surface area contributed by atoms with Crippen LogP contribution in [0.15, 0.2) is 71.1 Å². The molecule has 2 aromatic carbocycles. The number of carbonyl (C=O) groups is 1. The first kappa shape index (κ1) is 19.8. The maximum absolute atomic E-state index is 13.2. The minimum Gasteiger partial charge on any atom is -0.352 e. The van der Waals surface area contributed by atoms with Gasteiger partial charge in [-0.15, -0.1) is 6.58 Å². The Morgan fingerprint density at radius 1 is 1.29 bits per heavy atom. The number of nitrogens with zero attached hydrogens (tertiary/aromatic N) is 2. The van der Waals surface area contributed by atoms with E-state index in [1.807, 2.05) is 6.07 Å². The summed E-state index contributed by atoms with van der Waals surface area (Å²) in [5.41, 5.74) is 1.14. The average molecular weight is 397 g/mol. The highest BCUT2D eigenvalue weighted by Crippen LogP contribution is 2.23. The van der Waals surface area contributed by atoms with Gasteiger partial charge >= 0.3 is 0 Å². The van der Waals surface area contributed by atoms with E-state index in [1.165, 1.54) is 28.5 Å². The number of amides is 1. The maximum Gasteiger partial charge on any atom is 0.262 e. The summed E-state index contributed by atoms with van der Waals surface area (Å²) in [5.74, 6) is -0.504. The summed E-state index contributed by atoms with van der Waals surface area (Å²) >= 11 is 1.21. The molecule has 3 aromatic rings. The molecule has 0 saturated heterocycles. The lowest BCUT2D eigenvalue weighted by Crippen LogP contribution is -2.32. The predicted molar refractivity (Wildman–Crippen MR) is 110 cm³/mol. The molecule has 28 heavy (non-hydrogen) atoms. The number of benzene rings is 2. The number of nitrogens with one attached hydrogen (secondary N) is 1. The third-order valence-corrected chi connectivity index (χ3v) is 5.24. The number of para-hydroxylation sites is 1. The number of rotatable bonds is 7. The molecule has 0 aliphatic heterocycles. The lowest BCUT2D eigenvalue weighted by Gasteiger charge is -2.16. The Morgan fingerprint density at radius 2 is 2.00 bits per heavy atom. The van der Waals surface area contributed by atoms with Crippen molar-refractivity contribution in [3.63, 3.8) is 0 Å². The number of halogens is 1. The summed E-state index contributed by atoms with van der Waals surface area (Å²) in [6, 6.07) is 13.1. The Labute approximate surface area is 166 Å². The van der Waals surface area contributed by atoms with E-state index in [4.69, 9.17) is 0 Å². The lowest BCUT2D eigenvalue weighted by atomic mass is 10.2. The van der Waals surface area contributed by atoms with E-state index in [0.717, 1.165) is 5.56 Å². The first-order chi connectivity index (χ1) is 13.5. The summed E-state index contributed by atoms with van der Waals surface area (Å²) in [7, 11) is 0. The van der Waals surface area contributed by atoms with Crippen molar-refractivity contribution in [3.8, 4) is 0 Å². The Bertz CT molecular complexity index is 1060. The van der Waals surface area contributed by atoms with Gasteiger partial charge in [0.15, 0.2) is 5.16 Å². The molecule has 0 unspecified atom stereocenters. The predicted octanol–water partition coefficient (Wildman–Crippen LogP) is 3.37. The molecule has 0 aliphatic rings. The summed E-state index contributed by atoms with van der Waals surface area (Å²) in [5, 5.41) is 3.23. The van der Waals surface area contributed by atoms with Gasteiger partial charge < -0.3 is 5.32 Å². The Morgan fingerprint density at radius 3 is 2.71 bits per heavy atom. The molecule has 1 N–H and O–H groups in total. The molecule has 0 aliphatic carbocycles. The van der Waals surface area contributed by atoms with E-state index in [1.54, 1.807) is 43.3 Å². The van der Waals surface area contributed by atoms with Gasteiger partial charge in [0.25, 0.3) is 5.56 Å². The second-order valence-corrected chi connectivity index (χ2v) is 7.53. The van der Waals surface area contributed by atoms with Gasteiger partial charge in [-0.1, -0.05) is 42.1 Å². The first-order valence-electron chi connectivity index (χ1n) is 8.79. The van der Waals surface area contributed by atoms with Crippen LogP contribution in [-0.4, -0.2) is 27.3 Å². The highest BCUT2D eigenvalue weighted by molar-refractivity contribution is 8.00. The topological polar surface area (TPSA) is 64.0 Å². The zero-order valence-electron chi connectivity index (χ0n) is 15.4. The van der Waals surface area contributed by atoms with Crippen LogP contribution in [0.25, 0.3) is 10.9 Å². The summed E-state index contributed by atoms with van der Waals surface area (Å²) in [4.78, 5) is 29.9. The van der Waals surface area contributed by atoms with Gasteiger partial charge in [-0.05, 0) is 36.8 Å². The molecule has 1 aromatic heterocycles. The normalized spacial score (nSPS) is 11.9. The van der Waals surface area contributed by atoms with Crippen molar-refractivity contribution in [2.45, 2.75) is 23.9 Å². The fourth-order valence-corrected chi connectivity index (χ4v) is 3.61. The Hall–Kier alpha value is -2.93. The van der Waals surface area contributed by atoms with Crippen LogP contribution in [0.1, 0.15) is 12.5 Å². The third-order valence-electron chi connectivity index (χ3n) is 4.15. The number of hydrogen-bond acceptors (Lipinski definition) is 4. The molecular formula is C21H20FN3O2S. The van der Waals surface area contributed by atoms with Crippen molar-refractivity contribution >= 4 is 28.6 Å². The monoisotopic (exact) mass is 397 g/mol. The molecule has 0 fully saturated rings. The van der Waals surface area contributed by atoms with Gasteiger partial charge in [0, 0.05) is 6.54 Å². The van der Waals surface area contributed by atoms with E-state index in [0.29, 0.717) is 22.6 Å². The molecule has 0 radical (unpaired) electrons. The average Bonchev–Trinajstić information content (AvgIpc) is 2.70. The first-order valence-corrected chi connectivity index (χ1v) is 9.67. The molecule has 7 heteroatoms. The molecule has 1 amide bonds. The van der Waals surface area contributed by atoms with Crippen molar-refractivity contribution in [2.24, 2.45) is 0 Å². The van der Waals surface area contributed by atoms with Crippen molar-refractivity contribution < 1.29 is 9.18 Å². The van der Waals surface area contributed by atoms with E-state index in [-0.39, 0.29) is 23.8 Å². The van der Waals surface area contributed by atoms with Crippen LogP contribution in [0.4, 0.5) is 4.39 Å². The van der Waals surface area contributed by atoms with E-state index < -0.39 is 5.25 Å². The molecule has 3 rings (SSSR count). The van der Waals surface area contributed by atoms with Crippen LogP contribution in [0, 0.1) is 5.82 Å². The zero-order valence-corrected chi connectivity index (χ0v) is 16.2. The van der Waals surface area contributed by atoms with Crippen LogP contribution in [-0.2, 0) is 11.3 Å². The van der Waals surface area contributed by atoms with Gasteiger partial charge in [0.2, 0.25) is 5.91 Å².